The third-order valence-electron chi connectivity index (χ3n) is 4.05. The SMILES string of the molecule is COc1ccc2nc(/C=C/c3cnc(-c4ccccc4OC)nc3)sc2c1. The van der Waals surface area contributed by atoms with Crippen LogP contribution in [0.2, 0.25) is 0 Å². The molecule has 0 radical (unpaired) electrons. The molecule has 5 nitrogen and oxygen atoms in total. The summed E-state index contributed by atoms with van der Waals surface area (Å²) >= 11 is 1.62. The summed E-state index contributed by atoms with van der Waals surface area (Å²) in [5.41, 5.74) is 2.74. The van der Waals surface area contributed by atoms with E-state index in [4.69, 9.17) is 9.47 Å². The highest BCUT2D eigenvalue weighted by Gasteiger charge is 2.07. The summed E-state index contributed by atoms with van der Waals surface area (Å²) in [7, 11) is 3.31. The van der Waals surface area contributed by atoms with Gasteiger partial charge < -0.3 is 9.47 Å². The molecule has 2 aromatic carbocycles. The van der Waals surface area contributed by atoms with E-state index in [2.05, 4.69) is 15.0 Å². The van der Waals surface area contributed by atoms with Crippen molar-refractivity contribution >= 4 is 33.7 Å². The number of rotatable bonds is 5. The molecule has 0 aliphatic carbocycles. The van der Waals surface area contributed by atoms with Crippen LogP contribution in [-0.2, 0) is 0 Å². The lowest BCUT2D eigenvalue weighted by molar-refractivity contribution is 0.415. The molecular weight excluding hydrogens is 358 g/mol. The van der Waals surface area contributed by atoms with Crippen LogP contribution >= 0.6 is 11.3 Å². The zero-order chi connectivity index (χ0) is 18.6. The van der Waals surface area contributed by atoms with Gasteiger partial charge in [0.1, 0.15) is 16.5 Å². The number of nitrogens with zero attached hydrogens (tertiary/aromatic N) is 3. The average Bonchev–Trinajstić information content (AvgIpc) is 3.14. The molecule has 0 aliphatic rings. The quantitative estimate of drug-likeness (QED) is 0.494. The molecule has 0 saturated heterocycles. The standard InChI is InChI=1S/C21H17N3O2S/c1-25-15-8-9-17-19(11-15)27-20(24-17)10-7-14-12-22-21(23-13-14)16-5-3-4-6-18(16)26-2/h3-13H,1-2H3/b10-7+. The van der Waals surface area contributed by atoms with Crippen molar-refractivity contribution in [2.24, 2.45) is 0 Å². The Morgan fingerprint density at radius 1 is 0.926 bits per heavy atom. The summed E-state index contributed by atoms with van der Waals surface area (Å²) in [6, 6.07) is 13.6. The molecule has 0 bridgehead atoms. The number of para-hydroxylation sites is 1. The first-order valence-electron chi connectivity index (χ1n) is 8.35. The van der Waals surface area contributed by atoms with E-state index in [9.17, 15) is 0 Å². The van der Waals surface area contributed by atoms with Gasteiger partial charge >= 0.3 is 0 Å². The molecule has 6 heteroatoms. The molecule has 2 heterocycles. The second-order valence-corrected chi connectivity index (χ2v) is 6.82. The molecule has 4 aromatic rings. The van der Waals surface area contributed by atoms with Gasteiger partial charge in [0.15, 0.2) is 5.82 Å². The lowest BCUT2D eigenvalue weighted by Crippen LogP contribution is -1.93. The number of ether oxygens (including phenoxy) is 2. The highest BCUT2D eigenvalue weighted by atomic mass is 32.1. The first-order chi connectivity index (χ1) is 13.3. The minimum atomic E-state index is 0.636. The highest BCUT2D eigenvalue weighted by molar-refractivity contribution is 7.19. The summed E-state index contributed by atoms with van der Waals surface area (Å²) in [4.78, 5) is 13.5. The maximum atomic E-state index is 5.37. The Hall–Kier alpha value is -3.25. The summed E-state index contributed by atoms with van der Waals surface area (Å²) in [6.07, 6.45) is 7.52. The van der Waals surface area contributed by atoms with Crippen LogP contribution in [0, 0.1) is 0 Å². The van der Waals surface area contributed by atoms with Gasteiger partial charge in [0.05, 0.1) is 30.0 Å². The van der Waals surface area contributed by atoms with E-state index < -0.39 is 0 Å². The summed E-state index contributed by atoms with van der Waals surface area (Å²) in [5.74, 6) is 2.23. The van der Waals surface area contributed by atoms with Gasteiger partial charge in [-0.05, 0) is 42.5 Å². The molecule has 0 N–H and O–H groups in total. The number of fused-ring (bicyclic) bond motifs is 1. The van der Waals surface area contributed by atoms with Crippen molar-refractivity contribution in [2.45, 2.75) is 0 Å². The topological polar surface area (TPSA) is 57.1 Å². The average molecular weight is 375 g/mol. The van der Waals surface area contributed by atoms with Crippen LogP contribution in [-0.4, -0.2) is 29.2 Å². The largest absolute Gasteiger partial charge is 0.497 e. The molecule has 4 rings (SSSR count). The van der Waals surface area contributed by atoms with Crippen LogP contribution in [0.3, 0.4) is 0 Å². The monoisotopic (exact) mass is 375 g/mol. The van der Waals surface area contributed by atoms with Crippen LogP contribution in [0.15, 0.2) is 54.9 Å². The Bertz CT molecular complexity index is 1100. The lowest BCUT2D eigenvalue weighted by Gasteiger charge is -2.06. The van der Waals surface area contributed by atoms with Crippen molar-refractivity contribution < 1.29 is 9.47 Å². The molecular formula is C21H17N3O2S. The molecule has 0 spiro atoms. The van der Waals surface area contributed by atoms with Gasteiger partial charge in [-0.3, -0.25) is 0 Å². The van der Waals surface area contributed by atoms with E-state index in [-0.39, 0.29) is 0 Å². The number of thiazole rings is 1. The number of hydrogen-bond donors (Lipinski definition) is 0. The van der Waals surface area contributed by atoms with Crippen molar-refractivity contribution in [3.63, 3.8) is 0 Å². The predicted octanol–water partition coefficient (Wildman–Crippen LogP) is 4.94. The Morgan fingerprint density at radius 3 is 2.52 bits per heavy atom. The van der Waals surface area contributed by atoms with E-state index in [1.807, 2.05) is 54.6 Å². The molecule has 0 fully saturated rings. The van der Waals surface area contributed by atoms with Crippen molar-refractivity contribution in [3.8, 4) is 22.9 Å². The first kappa shape index (κ1) is 17.2. The molecule has 0 aliphatic heterocycles. The van der Waals surface area contributed by atoms with Gasteiger partial charge in [0, 0.05) is 18.0 Å². The fourth-order valence-electron chi connectivity index (χ4n) is 2.68. The first-order valence-corrected chi connectivity index (χ1v) is 9.16. The maximum Gasteiger partial charge on any atom is 0.162 e. The summed E-state index contributed by atoms with van der Waals surface area (Å²) < 4.78 is 11.7. The normalized spacial score (nSPS) is 11.2. The van der Waals surface area contributed by atoms with Crippen LogP contribution in [0.4, 0.5) is 0 Å². The second-order valence-electron chi connectivity index (χ2n) is 5.76. The molecule has 2 aromatic heterocycles. The zero-order valence-electron chi connectivity index (χ0n) is 14.9. The van der Waals surface area contributed by atoms with E-state index >= 15 is 0 Å². The van der Waals surface area contributed by atoms with Gasteiger partial charge in [0.2, 0.25) is 0 Å². The van der Waals surface area contributed by atoms with E-state index in [1.165, 1.54) is 0 Å². The fraction of sp³-hybridized carbons (Fsp3) is 0.0952. The van der Waals surface area contributed by atoms with Crippen LogP contribution < -0.4 is 9.47 Å². The maximum absolute atomic E-state index is 5.37. The highest BCUT2D eigenvalue weighted by Crippen LogP contribution is 2.28. The third kappa shape index (κ3) is 3.66. The van der Waals surface area contributed by atoms with Crippen LogP contribution in [0.25, 0.3) is 33.8 Å². The minimum absolute atomic E-state index is 0.636. The third-order valence-corrected chi connectivity index (χ3v) is 5.03. The zero-order valence-corrected chi connectivity index (χ0v) is 15.7. The van der Waals surface area contributed by atoms with Gasteiger partial charge in [-0.15, -0.1) is 11.3 Å². The lowest BCUT2D eigenvalue weighted by atomic mass is 10.2. The van der Waals surface area contributed by atoms with Crippen molar-refractivity contribution in [2.75, 3.05) is 14.2 Å². The molecule has 27 heavy (non-hydrogen) atoms. The van der Waals surface area contributed by atoms with Gasteiger partial charge in [-0.25, -0.2) is 15.0 Å². The molecule has 0 atom stereocenters. The number of benzene rings is 2. The van der Waals surface area contributed by atoms with Crippen molar-refractivity contribution in [1.82, 2.24) is 15.0 Å². The molecule has 0 unspecified atom stereocenters. The van der Waals surface area contributed by atoms with Crippen LogP contribution in [0.5, 0.6) is 11.5 Å². The second kappa shape index (κ2) is 7.55. The Kier molecular flexibility index (Phi) is 4.80. The molecule has 134 valence electrons. The summed E-state index contributed by atoms with van der Waals surface area (Å²) in [5, 5.41) is 0.923. The van der Waals surface area contributed by atoms with E-state index in [1.54, 1.807) is 38.0 Å². The van der Waals surface area contributed by atoms with E-state index in [0.717, 1.165) is 37.9 Å². The Balaban J connectivity index is 1.56. The van der Waals surface area contributed by atoms with Gasteiger partial charge in [-0.1, -0.05) is 12.1 Å². The minimum Gasteiger partial charge on any atom is -0.497 e. The fourth-order valence-corrected chi connectivity index (χ4v) is 3.58. The smallest absolute Gasteiger partial charge is 0.162 e. The molecule has 0 saturated carbocycles. The number of methoxy groups -OCH3 is 2. The van der Waals surface area contributed by atoms with Gasteiger partial charge in [-0.2, -0.15) is 0 Å². The van der Waals surface area contributed by atoms with Crippen molar-refractivity contribution in [3.05, 3.63) is 65.4 Å². The van der Waals surface area contributed by atoms with Crippen molar-refractivity contribution in [1.29, 1.82) is 0 Å². The van der Waals surface area contributed by atoms with Gasteiger partial charge in [0.25, 0.3) is 0 Å². The predicted molar refractivity (Wildman–Crippen MR) is 109 cm³/mol. The number of aromatic nitrogens is 3. The Labute approximate surface area is 161 Å². The number of hydrogen-bond acceptors (Lipinski definition) is 6. The molecule has 0 amide bonds. The Morgan fingerprint density at radius 2 is 1.74 bits per heavy atom. The van der Waals surface area contributed by atoms with Crippen LogP contribution in [0.1, 0.15) is 10.6 Å². The summed E-state index contributed by atoms with van der Waals surface area (Å²) in [6.45, 7) is 0. The van der Waals surface area contributed by atoms with E-state index in [0.29, 0.717) is 5.82 Å².